The first kappa shape index (κ1) is 17.0. The van der Waals surface area contributed by atoms with E-state index in [-0.39, 0.29) is 12.0 Å². The number of carbonyl (C=O) groups is 1. The summed E-state index contributed by atoms with van der Waals surface area (Å²) in [5.41, 5.74) is 2.09. The second kappa shape index (κ2) is 7.43. The predicted molar refractivity (Wildman–Crippen MR) is 102 cm³/mol. The van der Waals surface area contributed by atoms with Gasteiger partial charge < -0.3 is 14.6 Å². The molecule has 1 fully saturated rings. The van der Waals surface area contributed by atoms with Crippen LogP contribution >= 0.6 is 11.3 Å². The van der Waals surface area contributed by atoms with Crippen molar-refractivity contribution in [2.24, 2.45) is 0 Å². The van der Waals surface area contributed by atoms with Crippen LogP contribution in [0.3, 0.4) is 0 Å². The Balaban J connectivity index is 1.46. The topological polar surface area (TPSA) is 56.2 Å². The molecule has 3 heterocycles. The van der Waals surface area contributed by atoms with Crippen LogP contribution in [0.4, 0.5) is 0 Å². The lowest BCUT2D eigenvalue weighted by Gasteiger charge is -2.12. The minimum atomic E-state index is -0.0450. The first-order valence-corrected chi connectivity index (χ1v) is 9.62. The van der Waals surface area contributed by atoms with E-state index in [9.17, 15) is 4.79 Å². The summed E-state index contributed by atoms with van der Waals surface area (Å²) < 4.78 is 7.73. The number of ether oxygens (including phenoxy) is 1. The van der Waals surface area contributed by atoms with Crippen LogP contribution in [0.25, 0.3) is 5.69 Å². The largest absolute Gasteiger partial charge is 0.373 e. The molecular weight excluding hydrogens is 346 g/mol. The number of amides is 1. The summed E-state index contributed by atoms with van der Waals surface area (Å²) in [7, 11) is 0. The molecule has 1 aliphatic heterocycles. The summed E-state index contributed by atoms with van der Waals surface area (Å²) in [6, 6.07) is 11.9. The Morgan fingerprint density at radius 2 is 2.23 bits per heavy atom. The molecule has 26 heavy (non-hydrogen) atoms. The molecule has 6 heteroatoms. The van der Waals surface area contributed by atoms with Crippen molar-refractivity contribution in [1.82, 2.24) is 14.9 Å². The second-order valence-electron chi connectivity index (χ2n) is 6.36. The van der Waals surface area contributed by atoms with Crippen molar-refractivity contribution in [3.05, 3.63) is 69.9 Å². The minimum Gasteiger partial charge on any atom is -0.373 e. The highest BCUT2D eigenvalue weighted by Crippen LogP contribution is 2.33. The van der Waals surface area contributed by atoms with E-state index < -0.39 is 0 Å². The zero-order valence-electron chi connectivity index (χ0n) is 14.6. The Kier molecular flexibility index (Phi) is 4.86. The number of thiophene rings is 1. The van der Waals surface area contributed by atoms with Crippen molar-refractivity contribution in [2.75, 3.05) is 6.61 Å². The molecule has 1 aliphatic rings. The van der Waals surface area contributed by atoms with Crippen LogP contribution in [-0.4, -0.2) is 22.1 Å². The number of benzene rings is 1. The lowest BCUT2D eigenvalue weighted by Crippen LogP contribution is -2.22. The van der Waals surface area contributed by atoms with Crippen LogP contribution in [0.2, 0.25) is 0 Å². The van der Waals surface area contributed by atoms with Crippen LogP contribution in [-0.2, 0) is 11.3 Å². The van der Waals surface area contributed by atoms with Gasteiger partial charge in [0.1, 0.15) is 5.82 Å². The monoisotopic (exact) mass is 367 g/mol. The van der Waals surface area contributed by atoms with E-state index in [1.807, 2.05) is 54.1 Å². The number of carbonyl (C=O) groups excluding carboxylic acids is 1. The van der Waals surface area contributed by atoms with Crippen LogP contribution in [0, 0.1) is 6.92 Å². The third-order valence-corrected chi connectivity index (χ3v) is 5.79. The van der Waals surface area contributed by atoms with Gasteiger partial charge in [0, 0.05) is 30.4 Å². The van der Waals surface area contributed by atoms with Gasteiger partial charge in [-0.1, -0.05) is 18.2 Å². The highest BCUT2D eigenvalue weighted by atomic mass is 32.1. The van der Waals surface area contributed by atoms with Crippen molar-refractivity contribution in [3.63, 3.8) is 0 Å². The van der Waals surface area contributed by atoms with Gasteiger partial charge in [0.15, 0.2) is 0 Å². The highest BCUT2D eigenvalue weighted by molar-refractivity contribution is 7.14. The molecule has 134 valence electrons. The molecule has 4 rings (SSSR count). The lowest BCUT2D eigenvalue weighted by molar-refractivity contribution is 0.0955. The van der Waals surface area contributed by atoms with Crippen LogP contribution in [0.1, 0.15) is 44.9 Å². The summed E-state index contributed by atoms with van der Waals surface area (Å²) in [4.78, 5) is 18.7. The maximum atomic E-state index is 12.6. The number of hydrogen-bond acceptors (Lipinski definition) is 4. The molecule has 3 aromatic rings. The molecule has 0 aliphatic carbocycles. The van der Waals surface area contributed by atoms with Crippen molar-refractivity contribution >= 4 is 17.2 Å². The van der Waals surface area contributed by atoms with Gasteiger partial charge in [0.25, 0.3) is 5.91 Å². The summed E-state index contributed by atoms with van der Waals surface area (Å²) in [6.07, 6.45) is 6.01. The minimum absolute atomic E-state index is 0.0450. The number of rotatable bonds is 5. The van der Waals surface area contributed by atoms with Crippen LogP contribution < -0.4 is 5.32 Å². The van der Waals surface area contributed by atoms with Gasteiger partial charge in [-0.05, 0) is 43.5 Å². The summed E-state index contributed by atoms with van der Waals surface area (Å²) in [5.74, 6) is 0.875. The van der Waals surface area contributed by atoms with Crippen LogP contribution in [0.5, 0.6) is 0 Å². The highest BCUT2D eigenvalue weighted by Gasteiger charge is 2.21. The zero-order valence-corrected chi connectivity index (χ0v) is 15.5. The molecule has 1 amide bonds. The average molecular weight is 367 g/mol. The zero-order chi connectivity index (χ0) is 17.9. The van der Waals surface area contributed by atoms with Crippen molar-refractivity contribution in [1.29, 1.82) is 0 Å². The number of nitrogens with zero attached hydrogens (tertiary/aromatic N) is 2. The maximum absolute atomic E-state index is 12.6. The quantitative estimate of drug-likeness (QED) is 0.741. The molecule has 2 aromatic heterocycles. The predicted octanol–water partition coefficient (Wildman–Crippen LogP) is 4.02. The van der Waals surface area contributed by atoms with Crippen LogP contribution in [0.15, 0.2) is 48.8 Å². The molecule has 0 saturated carbocycles. The van der Waals surface area contributed by atoms with Gasteiger partial charge in [-0.15, -0.1) is 11.3 Å². The third kappa shape index (κ3) is 3.43. The molecule has 0 radical (unpaired) electrons. The molecule has 0 unspecified atom stereocenters. The van der Waals surface area contributed by atoms with Gasteiger partial charge in [-0.3, -0.25) is 4.79 Å². The first-order chi connectivity index (χ1) is 12.7. The fraction of sp³-hybridized carbons (Fsp3) is 0.300. The summed E-state index contributed by atoms with van der Waals surface area (Å²) in [5, 5.41) is 3.04. The van der Waals surface area contributed by atoms with Gasteiger partial charge >= 0.3 is 0 Å². The lowest BCUT2D eigenvalue weighted by atomic mass is 10.1. The Bertz CT molecular complexity index is 909. The SMILES string of the molecule is Cc1nccn1-c1ccccc1CNC(=O)c1ccc([C@@H]2CCCO2)s1. The summed E-state index contributed by atoms with van der Waals surface area (Å²) in [6.45, 7) is 3.25. The Hall–Kier alpha value is -2.44. The second-order valence-corrected chi connectivity index (χ2v) is 7.47. The molecular formula is C20H21N3O2S. The number of aromatic nitrogens is 2. The summed E-state index contributed by atoms with van der Waals surface area (Å²) >= 11 is 1.53. The van der Waals surface area contributed by atoms with Crippen molar-refractivity contribution in [2.45, 2.75) is 32.4 Å². The molecule has 0 spiro atoms. The molecule has 1 atom stereocenters. The number of imidazole rings is 1. The normalized spacial score (nSPS) is 16.7. The van der Waals surface area contributed by atoms with E-state index >= 15 is 0 Å². The molecule has 0 bridgehead atoms. The van der Waals surface area contributed by atoms with Crippen molar-refractivity contribution in [3.8, 4) is 5.69 Å². The van der Waals surface area contributed by atoms with E-state index in [0.29, 0.717) is 6.54 Å². The van der Waals surface area contributed by atoms with Gasteiger partial charge in [0.2, 0.25) is 0 Å². The molecule has 1 N–H and O–H groups in total. The van der Waals surface area contributed by atoms with E-state index in [1.165, 1.54) is 11.3 Å². The third-order valence-electron chi connectivity index (χ3n) is 4.61. The van der Waals surface area contributed by atoms with E-state index in [0.717, 1.165) is 46.3 Å². The fourth-order valence-electron chi connectivity index (χ4n) is 3.24. The van der Waals surface area contributed by atoms with E-state index in [4.69, 9.17) is 4.74 Å². The number of aryl methyl sites for hydroxylation is 1. The fourth-order valence-corrected chi connectivity index (χ4v) is 4.25. The van der Waals surface area contributed by atoms with Crippen molar-refractivity contribution < 1.29 is 9.53 Å². The Morgan fingerprint density at radius 3 is 3.00 bits per heavy atom. The van der Waals surface area contributed by atoms with Gasteiger partial charge in [-0.2, -0.15) is 0 Å². The smallest absolute Gasteiger partial charge is 0.261 e. The number of hydrogen-bond donors (Lipinski definition) is 1. The first-order valence-electron chi connectivity index (χ1n) is 8.80. The van der Waals surface area contributed by atoms with Gasteiger partial charge in [0.05, 0.1) is 16.7 Å². The molecule has 5 nitrogen and oxygen atoms in total. The van der Waals surface area contributed by atoms with Gasteiger partial charge in [-0.25, -0.2) is 4.98 Å². The maximum Gasteiger partial charge on any atom is 0.261 e. The average Bonchev–Trinajstić information content (AvgIpc) is 3.40. The number of nitrogens with one attached hydrogen (secondary N) is 1. The standard InChI is InChI=1S/C20H21N3O2S/c1-14-21-10-11-23(14)16-6-3-2-5-15(16)13-22-20(24)19-9-8-18(26-19)17-7-4-12-25-17/h2-3,5-6,8-11,17H,4,7,12-13H2,1H3,(H,22,24)/t17-/m0/s1. The Morgan fingerprint density at radius 1 is 1.35 bits per heavy atom. The number of para-hydroxylation sites is 1. The Labute approximate surface area is 156 Å². The molecule has 1 saturated heterocycles. The molecule has 1 aromatic carbocycles. The van der Waals surface area contributed by atoms with E-state index in [1.54, 1.807) is 6.20 Å². The van der Waals surface area contributed by atoms with E-state index in [2.05, 4.69) is 10.3 Å².